The summed E-state index contributed by atoms with van der Waals surface area (Å²) < 4.78 is 9.16. The highest BCUT2D eigenvalue weighted by molar-refractivity contribution is 9.10. The number of para-hydroxylation sites is 1. The molecule has 0 spiro atoms. The fourth-order valence-corrected chi connectivity index (χ4v) is 4.44. The number of thiazole rings is 1. The highest BCUT2D eigenvalue weighted by atomic mass is 79.9. The molecule has 0 N–H and O–H groups in total. The molecule has 26 heavy (non-hydrogen) atoms. The van der Waals surface area contributed by atoms with Crippen molar-refractivity contribution < 1.29 is 9.21 Å². The van der Waals surface area contributed by atoms with Gasteiger partial charge in [-0.25, -0.2) is 4.79 Å². The molecule has 2 aromatic carbocycles. The van der Waals surface area contributed by atoms with Gasteiger partial charge in [-0.2, -0.15) is 4.99 Å². The number of hydrogen-bond donors (Lipinski definition) is 0. The zero-order chi connectivity index (χ0) is 18.3. The molecule has 1 amide bonds. The molecule has 2 aromatic heterocycles. The summed E-state index contributed by atoms with van der Waals surface area (Å²) in [7, 11) is 0. The Kier molecular flexibility index (Phi) is 4.34. The Hall–Kier alpha value is -2.51. The van der Waals surface area contributed by atoms with Crippen molar-refractivity contribution >= 4 is 54.4 Å². The van der Waals surface area contributed by atoms with Gasteiger partial charge in [0.25, 0.3) is 5.91 Å². The van der Waals surface area contributed by atoms with Gasteiger partial charge in [-0.1, -0.05) is 45.5 Å². The molecule has 0 unspecified atom stereocenters. The van der Waals surface area contributed by atoms with Crippen LogP contribution in [0.25, 0.3) is 21.2 Å². The number of aryl methyl sites for hydroxylation is 1. The lowest BCUT2D eigenvalue weighted by atomic mass is 10.2. The lowest BCUT2D eigenvalue weighted by Crippen LogP contribution is -2.19. The molecule has 4 aromatic rings. The van der Waals surface area contributed by atoms with E-state index in [1.54, 1.807) is 18.2 Å². The van der Waals surface area contributed by atoms with Crippen LogP contribution in [0, 0.1) is 0 Å². The average Bonchev–Trinajstić information content (AvgIpc) is 2.96. The maximum Gasteiger partial charge on any atom is 0.349 e. The van der Waals surface area contributed by atoms with Crippen LogP contribution in [0.15, 0.2) is 67.2 Å². The number of aromatic nitrogens is 1. The van der Waals surface area contributed by atoms with Gasteiger partial charge in [0.05, 0.1) is 10.2 Å². The van der Waals surface area contributed by atoms with Crippen LogP contribution in [-0.4, -0.2) is 10.5 Å². The molecule has 0 saturated heterocycles. The number of hydrogen-bond acceptors (Lipinski definition) is 4. The maximum absolute atomic E-state index is 12.6. The molecule has 0 aliphatic carbocycles. The van der Waals surface area contributed by atoms with E-state index in [0.717, 1.165) is 14.7 Å². The first kappa shape index (κ1) is 16.9. The summed E-state index contributed by atoms with van der Waals surface area (Å²) >= 11 is 4.86. The Morgan fingerprint density at radius 2 is 2.04 bits per heavy atom. The number of halogens is 1. The van der Waals surface area contributed by atoms with Gasteiger partial charge in [-0.3, -0.25) is 4.79 Å². The second kappa shape index (κ2) is 6.66. The topological polar surface area (TPSA) is 64.6 Å². The Morgan fingerprint density at radius 1 is 1.23 bits per heavy atom. The van der Waals surface area contributed by atoms with Gasteiger partial charge in [0.2, 0.25) is 0 Å². The fraction of sp³-hybridized carbons (Fsp3) is 0.105. The molecule has 0 aliphatic heterocycles. The van der Waals surface area contributed by atoms with E-state index in [4.69, 9.17) is 4.42 Å². The molecule has 0 radical (unpaired) electrons. The molecule has 0 aliphatic rings. The van der Waals surface area contributed by atoms with Gasteiger partial charge in [0.1, 0.15) is 11.1 Å². The largest absolute Gasteiger partial charge is 0.422 e. The van der Waals surface area contributed by atoms with Crippen LogP contribution in [-0.2, 0) is 6.54 Å². The molecule has 0 bridgehead atoms. The summed E-state index contributed by atoms with van der Waals surface area (Å²) in [6.45, 7) is 2.65. The van der Waals surface area contributed by atoms with Crippen molar-refractivity contribution in [1.82, 2.24) is 4.57 Å². The monoisotopic (exact) mass is 428 g/mol. The van der Waals surface area contributed by atoms with Crippen molar-refractivity contribution in [3.8, 4) is 0 Å². The third-order valence-electron chi connectivity index (χ3n) is 4.03. The van der Waals surface area contributed by atoms with E-state index < -0.39 is 11.5 Å². The Bertz CT molecular complexity index is 1280. The molecule has 4 rings (SSSR count). The van der Waals surface area contributed by atoms with E-state index in [-0.39, 0.29) is 5.56 Å². The van der Waals surface area contributed by atoms with E-state index in [1.807, 2.05) is 35.8 Å². The zero-order valence-electron chi connectivity index (χ0n) is 13.7. The van der Waals surface area contributed by atoms with Crippen LogP contribution in [0.4, 0.5) is 0 Å². The van der Waals surface area contributed by atoms with Gasteiger partial charge in [0, 0.05) is 16.4 Å². The average molecular weight is 429 g/mol. The molecule has 0 saturated carbocycles. The van der Waals surface area contributed by atoms with E-state index >= 15 is 0 Å². The van der Waals surface area contributed by atoms with E-state index in [9.17, 15) is 9.59 Å². The van der Waals surface area contributed by atoms with Crippen LogP contribution in [0.2, 0.25) is 0 Å². The number of carbonyl (C=O) groups excluding carboxylic acids is 1. The minimum absolute atomic E-state index is 0.0648. The predicted molar refractivity (Wildman–Crippen MR) is 106 cm³/mol. The van der Waals surface area contributed by atoms with Gasteiger partial charge in [-0.15, -0.1) is 0 Å². The third-order valence-corrected chi connectivity index (χ3v) is 5.56. The summed E-state index contributed by atoms with van der Waals surface area (Å²) in [5.74, 6) is -0.600. The number of fused-ring (bicyclic) bond motifs is 2. The summed E-state index contributed by atoms with van der Waals surface area (Å²) in [5.41, 5.74) is 0.705. The van der Waals surface area contributed by atoms with Gasteiger partial charge < -0.3 is 8.98 Å². The van der Waals surface area contributed by atoms with E-state index in [2.05, 4.69) is 20.9 Å². The molecule has 7 heteroatoms. The summed E-state index contributed by atoms with van der Waals surface area (Å²) in [6, 6.07) is 14.5. The minimum Gasteiger partial charge on any atom is -0.422 e. The van der Waals surface area contributed by atoms with Crippen molar-refractivity contribution in [2.24, 2.45) is 4.99 Å². The number of amides is 1. The summed E-state index contributed by atoms with van der Waals surface area (Å²) in [5, 5.41) is 0.689. The standard InChI is InChI=1S/C19H13BrN2O3S/c1-2-22-14-8-7-12(20)10-16(14)26-19(22)21-17(23)13-9-11-5-3-4-6-15(11)25-18(13)24/h3-10H,2H2,1H3. The third kappa shape index (κ3) is 2.93. The number of rotatable bonds is 2. The normalized spacial score (nSPS) is 12.2. The Morgan fingerprint density at radius 3 is 2.85 bits per heavy atom. The Balaban J connectivity index is 1.89. The number of carbonyl (C=O) groups is 1. The smallest absolute Gasteiger partial charge is 0.349 e. The molecule has 0 fully saturated rings. The highest BCUT2D eigenvalue weighted by Gasteiger charge is 2.14. The minimum atomic E-state index is -0.677. The highest BCUT2D eigenvalue weighted by Crippen LogP contribution is 2.22. The summed E-state index contributed by atoms with van der Waals surface area (Å²) in [6.07, 6.45) is 0. The van der Waals surface area contributed by atoms with Crippen LogP contribution >= 0.6 is 27.3 Å². The van der Waals surface area contributed by atoms with Crippen molar-refractivity contribution in [2.45, 2.75) is 13.5 Å². The van der Waals surface area contributed by atoms with Gasteiger partial charge in [-0.05, 0) is 37.3 Å². The maximum atomic E-state index is 12.6. The number of benzene rings is 2. The first-order valence-electron chi connectivity index (χ1n) is 7.97. The summed E-state index contributed by atoms with van der Waals surface area (Å²) in [4.78, 5) is 29.6. The molecular formula is C19H13BrN2O3S. The SMILES string of the molecule is CCn1c(=NC(=O)c2cc3ccccc3oc2=O)sc2cc(Br)ccc21. The van der Waals surface area contributed by atoms with Crippen LogP contribution in [0.1, 0.15) is 17.3 Å². The zero-order valence-corrected chi connectivity index (χ0v) is 16.1. The van der Waals surface area contributed by atoms with E-state index in [0.29, 0.717) is 22.3 Å². The second-order valence-electron chi connectivity index (χ2n) is 5.64. The Labute approximate surface area is 160 Å². The van der Waals surface area contributed by atoms with Gasteiger partial charge in [0.15, 0.2) is 4.80 Å². The van der Waals surface area contributed by atoms with Crippen LogP contribution in [0.5, 0.6) is 0 Å². The first-order valence-corrected chi connectivity index (χ1v) is 9.58. The van der Waals surface area contributed by atoms with Crippen LogP contribution < -0.4 is 10.4 Å². The quantitative estimate of drug-likeness (QED) is 0.446. The second-order valence-corrected chi connectivity index (χ2v) is 7.57. The van der Waals surface area contributed by atoms with E-state index in [1.165, 1.54) is 17.4 Å². The van der Waals surface area contributed by atoms with Crippen molar-refractivity contribution in [3.05, 3.63) is 73.8 Å². The van der Waals surface area contributed by atoms with Crippen LogP contribution in [0.3, 0.4) is 0 Å². The van der Waals surface area contributed by atoms with Crippen molar-refractivity contribution in [3.63, 3.8) is 0 Å². The van der Waals surface area contributed by atoms with Gasteiger partial charge >= 0.3 is 5.63 Å². The molecule has 0 atom stereocenters. The van der Waals surface area contributed by atoms with Crippen molar-refractivity contribution in [2.75, 3.05) is 0 Å². The lowest BCUT2D eigenvalue weighted by Gasteiger charge is -2.00. The molecular weight excluding hydrogens is 416 g/mol. The molecule has 2 heterocycles. The van der Waals surface area contributed by atoms with Crippen molar-refractivity contribution in [1.29, 1.82) is 0 Å². The lowest BCUT2D eigenvalue weighted by molar-refractivity contribution is 0.0994. The predicted octanol–water partition coefficient (Wildman–Crippen LogP) is 4.33. The molecule has 130 valence electrons. The number of nitrogens with zero attached hydrogens (tertiary/aromatic N) is 2. The first-order chi connectivity index (χ1) is 12.6. The fourth-order valence-electron chi connectivity index (χ4n) is 2.80. The molecule has 5 nitrogen and oxygen atoms in total.